The molecule has 0 bridgehead atoms. The molecular weight excluding hydrogens is 234 g/mol. The Morgan fingerprint density at radius 3 is 2.37 bits per heavy atom. The van der Waals surface area contributed by atoms with Gasteiger partial charge in [0.15, 0.2) is 0 Å². The van der Waals surface area contributed by atoms with Gasteiger partial charge in [0.05, 0.1) is 6.61 Å². The Kier molecular flexibility index (Phi) is 7.23. The molecule has 0 aliphatic heterocycles. The second-order valence-corrected chi connectivity index (χ2v) is 6.65. The van der Waals surface area contributed by atoms with Crippen molar-refractivity contribution in [1.82, 2.24) is 5.32 Å². The van der Waals surface area contributed by atoms with Gasteiger partial charge in [-0.05, 0) is 50.5 Å². The van der Waals surface area contributed by atoms with E-state index in [4.69, 9.17) is 4.74 Å². The van der Waals surface area contributed by atoms with Gasteiger partial charge in [0.2, 0.25) is 0 Å². The van der Waals surface area contributed by atoms with E-state index in [2.05, 4.69) is 12.2 Å². The van der Waals surface area contributed by atoms with Crippen LogP contribution >= 0.6 is 0 Å². The van der Waals surface area contributed by atoms with Crippen molar-refractivity contribution in [1.29, 1.82) is 0 Å². The van der Waals surface area contributed by atoms with Crippen LogP contribution in [0.15, 0.2) is 0 Å². The van der Waals surface area contributed by atoms with Crippen molar-refractivity contribution < 1.29 is 4.74 Å². The van der Waals surface area contributed by atoms with E-state index in [-0.39, 0.29) is 0 Å². The summed E-state index contributed by atoms with van der Waals surface area (Å²) in [5.41, 5.74) is 0. The smallest absolute Gasteiger partial charge is 0.0622 e. The van der Waals surface area contributed by atoms with Crippen LogP contribution in [0.4, 0.5) is 0 Å². The predicted octanol–water partition coefficient (Wildman–Crippen LogP) is 4.14. The van der Waals surface area contributed by atoms with Crippen LogP contribution < -0.4 is 5.32 Å². The van der Waals surface area contributed by atoms with Crippen molar-refractivity contribution in [2.24, 2.45) is 11.8 Å². The molecule has 2 fully saturated rings. The van der Waals surface area contributed by atoms with Gasteiger partial charge in [0, 0.05) is 12.6 Å². The van der Waals surface area contributed by atoms with E-state index >= 15 is 0 Å². The van der Waals surface area contributed by atoms with E-state index in [1.165, 1.54) is 64.2 Å². The molecule has 2 aliphatic carbocycles. The number of ether oxygens (including phenoxy) is 1. The molecule has 0 radical (unpaired) electrons. The number of hydrogen-bond donors (Lipinski definition) is 1. The van der Waals surface area contributed by atoms with Crippen LogP contribution in [0.5, 0.6) is 0 Å². The first kappa shape index (κ1) is 15.3. The molecule has 0 aromatic heterocycles. The lowest BCUT2D eigenvalue weighted by Crippen LogP contribution is -2.40. The lowest BCUT2D eigenvalue weighted by atomic mass is 9.90. The van der Waals surface area contributed by atoms with Crippen LogP contribution in [-0.2, 0) is 4.74 Å². The van der Waals surface area contributed by atoms with Gasteiger partial charge in [0.1, 0.15) is 0 Å². The normalized spacial score (nSPS) is 23.8. The van der Waals surface area contributed by atoms with Gasteiger partial charge in [-0.1, -0.05) is 39.0 Å². The Bertz CT molecular complexity index is 219. The quantitative estimate of drug-likeness (QED) is 0.713. The van der Waals surface area contributed by atoms with Crippen LogP contribution in [-0.4, -0.2) is 25.8 Å². The fourth-order valence-electron chi connectivity index (χ4n) is 3.77. The topological polar surface area (TPSA) is 21.3 Å². The van der Waals surface area contributed by atoms with Crippen molar-refractivity contribution in [3.63, 3.8) is 0 Å². The van der Waals surface area contributed by atoms with E-state index < -0.39 is 0 Å². The molecule has 1 N–H and O–H groups in total. The molecule has 0 amide bonds. The Balaban J connectivity index is 1.66. The Hall–Kier alpha value is -0.0800. The van der Waals surface area contributed by atoms with E-state index in [0.29, 0.717) is 6.04 Å². The van der Waals surface area contributed by atoms with E-state index in [9.17, 15) is 0 Å². The minimum atomic E-state index is 0.617. The highest BCUT2D eigenvalue weighted by Gasteiger charge is 2.25. The van der Waals surface area contributed by atoms with Crippen LogP contribution in [0.25, 0.3) is 0 Å². The molecule has 112 valence electrons. The monoisotopic (exact) mass is 267 g/mol. The largest absolute Gasteiger partial charge is 0.380 e. The van der Waals surface area contributed by atoms with Crippen LogP contribution in [0.2, 0.25) is 0 Å². The molecule has 0 aromatic carbocycles. The van der Waals surface area contributed by atoms with Crippen molar-refractivity contribution in [3.8, 4) is 0 Å². The highest BCUT2D eigenvalue weighted by Crippen LogP contribution is 2.28. The Morgan fingerprint density at radius 2 is 1.68 bits per heavy atom. The zero-order valence-corrected chi connectivity index (χ0v) is 12.8. The number of hydrogen-bond acceptors (Lipinski definition) is 2. The fraction of sp³-hybridized carbons (Fsp3) is 1.00. The minimum Gasteiger partial charge on any atom is -0.380 e. The maximum atomic E-state index is 6.08. The van der Waals surface area contributed by atoms with Crippen LogP contribution in [0.3, 0.4) is 0 Å². The Labute approximate surface area is 119 Å². The van der Waals surface area contributed by atoms with Gasteiger partial charge in [-0.2, -0.15) is 0 Å². The fourth-order valence-corrected chi connectivity index (χ4v) is 3.77. The molecule has 0 saturated heterocycles. The highest BCUT2D eigenvalue weighted by molar-refractivity contribution is 4.80. The SMILES string of the molecule is CCCNC(COCC1CCCCC1)C1CCCC1. The van der Waals surface area contributed by atoms with Crippen molar-refractivity contribution in [2.75, 3.05) is 19.8 Å². The maximum Gasteiger partial charge on any atom is 0.0622 e. The maximum absolute atomic E-state index is 6.08. The summed E-state index contributed by atoms with van der Waals surface area (Å²) in [6.45, 7) is 5.35. The molecule has 19 heavy (non-hydrogen) atoms. The van der Waals surface area contributed by atoms with Crippen molar-refractivity contribution in [2.45, 2.75) is 77.2 Å². The van der Waals surface area contributed by atoms with E-state index in [0.717, 1.165) is 31.6 Å². The van der Waals surface area contributed by atoms with E-state index in [1.807, 2.05) is 0 Å². The minimum absolute atomic E-state index is 0.617. The zero-order chi connectivity index (χ0) is 13.3. The molecular formula is C17H33NO. The summed E-state index contributed by atoms with van der Waals surface area (Å²) in [6.07, 6.45) is 14.0. The average Bonchev–Trinajstić information content (AvgIpc) is 2.98. The van der Waals surface area contributed by atoms with Crippen LogP contribution in [0.1, 0.15) is 71.1 Å². The third-order valence-electron chi connectivity index (χ3n) is 5.00. The first-order valence-electron chi connectivity index (χ1n) is 8.71. The van der Waals surface area contributed by atoms with E-state index in [1.54, 1.807) is 0 Å². The molecule has 2 heteroatoms. The van der Waals surface area contributed by atoms with Crippen molar-refractivity contribution in [3.05, 3.63) is 0 Å². The lowest BCUT2D eigenvalue weighted by Gasteiger charge is -2.27. The van der Waals surface area contributed by atoms with Gasteiger partial charge in [-0.15, -0.1) is 0 Å². The summed E-state index contributed by atoms with van der Waals surface area (Å²) in [7, 11) is 0. The summed E-state index contributed by atoms with van der Waals surface area (Å²) < 4.78 is 6.08. The molecule has 1 unspecified atom stereocenters. The average molecular weight is 267 g/mol. The highest BCUT2D eigenvalue weighted by atomic mass is 16.5. The second kappa shape index (κ2) is 8.97. The number of nitrogens with one attached hydrogen (secondary N) is 1. The molecule has 2 aliphatic rings. The van der Waals surface area contributed by atoms with Gasteiger partial charge >= 0.3 is 0 Å². The first-order chi connectivity index (χ1) is 9.40. The Morgan fingerprint density at radius 1 is 1.00 bits per heavy atom. The van der Waals surface area contributed by atoms with Gasteiger partial charge in [-0.25, -0.2) is 0 Å². The predicted molar refractivity (Wildman–Crippen MR) is 81.4 cm³/mol. The molecule has 0 spiro atoms. The van der Waals surface area contributed by atoms with Gasteiger partial charge in [-0.3, -0.25) is 0 Å². The third kappa shape index (κ3) is 5.43. The molecule has 2 nitrogen and oxygen atoms in total. The first-order valence-corrected chi connectivity index (χ1v) is 8.71. The summed E-state index contributed by atoms with van der Waals surface area (Å²) in [5, 5.41) is 3.72. The molecule has 1 atom stereocenters. The van der Waals surface area contributed by atoms with Gasteiger partial charge in [0.25, 0.3) is 0 Å². The summed E-state index contributed by atoms with van der Waals surface area (Å²) in [6, 6.07) is 0.617. The van der Waals surface area contributed by atoms with Gasteiger partial charge < -0.3 is 10.1 Å². The molecule has 2 saturated carbocycles. The molecule has 0 aromatic rings. The van der Waals surface area contributed by atoms with Crippen molar-refractivity contribution >= 4 is 0 Å². The number of rotatable bonds is 8. The lowest BCUT2D eigenvalue weighted by molar-refractivity contribution is 0.0576. The van der Waals surface area contributed by atoms with Crippen LogP contribution in [0, 0.1) is 11.8 Å². The standard InChI is InChI=1S/C17H33NO/c1-2-12-18-17(16-10-6-7-11-16)14-19-13-15-8-4-3-5-9-15/h15-18H,2-14H2,1H3. The molecule has 0 heterocycles. The second-order valence-electron chi connectivity index (χ2n) is 6.65. The summed E-state index contributed by atoms with van der Waals surface area (Å²) in [4.78, 5) is 0. The summed E-state index contributed by atoms with van der Waals surface area (Å²) in [5.74, 6) is 1.72. The third-order valence-corrected chi connectivity index (χ3v) is 5.00. The zero-order valence-electron chi connectivity index (χ0n) is 12.8. The summed E-state index contributed by atoms with van der Waals surface area (Å²) >= 11 is 0. The molecule has 2 rings (SSSR count).